The van der Waals surface area contributed by atoms with Crippen LogP contribution >= 0.6 is 11.6 Å². The molecular formula is C11H16ClN5. The number of hydrogen-bond donors (Lipinski definition) is 3. The number of nitrogen functional groups attached to an aromatic ring is 1. The van der Waals surface area contributed by atoms with Gasteiger partial charge in [-0.3, -0.25) is 0 Å². The average Bonchev–Trinajstić information content (AvgIpc) is 2.67. The summed E-state index contributed by atoms with van der Waals surface area (Å²) >= 11 is 6.00. The van der Waals surface area contributed by atoms with Gasteiger partial charge >= 0.3 is 0 Å². The number of anilines is 2. The zero-order valence-corrected chi connectivity index (χ0v) is 10.5. The van der Waals surface area contributed by atoms with Crippen LogP contribution in [-0.4, -0.2) is 21.5 Å². The summed E-state index contributed by atoms with van der Waals surface area (Å²) in [4.78, 5) is 11.3. The maximum Gasteiger partial charge on any atom is 0.222 e. The third-order valence-electron chi connectivity index (χ3n) is 2.57. The lowest BCUT2D eigenvalue weighted by molar-refractivity contribution is 0.742. The van der Waals surface area contributed by atoms with Gasteiger partial charge in [0, 0.05) is 12.7 Å². The molecule has 0 bridgehead atoms. The molecule has 2 rings (SSSR count). The van der Waals surface area contributed by atoms with E-state index in [-0.39, 0.29) is 5.95 Å². The molecule has 0 saturated heterocycles. The smallest absolute Gasteiger partial charge is 0.222 e. The molecule has 0 unspecified atom stereocenters. The molecule has 2 heterocycles. The highest BCUT2D eigenvalue weighted by Gasteiger charge is 2.10. The zero-order valence-electron chi connectivity index (χ0n) is 9.76. The van der Waals surface area contributed by atoms with Gasteiger partial charge in [0.25, 0.3) is 0 Å². The van der Waals surface area contributed by atoms with Gasteiger partial charge < -0.3 is 16.0 Å². The number of nitrogens with one attached hydrogen (secondary N) is 2. The molecule has 5 nitrogen and oxygen atoms in total. The lowest BCUT2D eigenvalue weighted by Gasteiger charge is -2.06. The minimum absolute atomic E-state index is 0.233. The highest BCUT2D eigenvalue weighted by Crippen LogP contribution is 2.26. The van der Waals surface area contributed by atoms with Gasteiger partial charge in [0.05, 0.1) is 5.02 Å². The van der Waals surface area contributed by atoms with Crippen LogP contribution in [0.1, 0.15) is 26.2 Å². The Morgan fingerprint density at radius 1 is 1.41 bits per heavy atom. The summed E-state index contributed by atoms with van der Waals surface area (Å²) in [6.07, 6.45) is 5.19. The molecule has 0 saturated carbocycles. The van der Waals surface area contributed by atoms with Crippen molar-refractivity contribution in [1.29, 1.82) is 0 Å². The Morgan fingerprint density at radius 3 is 3.00 bits per heavy atom. The topological polar surface area (TPSA) is 79.6 Å². The Hall–Kier alpha value is -1.49. The standard InChI is InChI=1S/C11H16ClN5/c1-2-3-4-5-14-10-9-8(7(12)6-15-9)16-11(13)17-10/h6,15H,2-5H2,1H3,(H3,13,14,16,17). The van der Waals surface area contributed by atoms with Gasteiger partial charge in [-0.1, -0.05) is 31.4 Å². The average molecular weight is 254 g/mol. The molecule has 92 valence electrons. The number of unbranched alkanes of at least 4 members (excludes halogenated alkanes) is 2. The van der Waals surface area contributed by atoms with Gasteiger partial charge in [0.2, 0.25) is 5.95 Å². The van der Waals surface area contributed by atoms with Crippen molar-refractivity contribution in [3.8, 4) is 0 Å². The van der Waals surface area contributed by atoms with E-state index in [9.17, 15) is 0 Å². The number of nitrogens with two attached hydrogens (primary N) is 1. The molecule has 4 N–H and O–H groups in total. The quantitative estimate of drug-likeness (QED) is 0.716. The first-order chi connectivity index (χ1) is 8.22. The molecule has 0 aliphatic rings. The summed E-state index contributed by atoms with van der Waals surface area (Å²) in [5.41, 5.74) is 7.12. The maximum atomic E-state index is 6.00. The number of halogens is 1. The molecule has 0 radical (unpaired) electrons. The van der Waals surface area contributed by atoms with Crippen molar-refractivity contribution in [3.05, 3.63) is 11.2 Å². The van der Waals surface area contributed by atoms with Gasteiger partial charge in [0.1, 0.15) is 11.0 Å². The largest absolute Gasteiger partial charge is 0.368 e. The first-order valence-corrected chi connectivity index (χ1v) is 6.14. The van der Waals surface area contributed by atoms with E-state index in [1.807, 2.05) is 0 Å². The normalized spacial score (nSPS) is 10.9. The predicted octanol–water partition coefficient (Wildman–Crippen LogP) is 2.80. The third-order valence-corrected chi connectivity index (χ3v) is 2.86. The SMILES string of the molecule is CCCCCNc1nc(N)nc2c(Cl)c[nH]c12. The number of aromatic nitrogens is 3. The van der Waals surface area contributed by atoms with E-state index in [1.54, 1.807) is 6.20 Å². The molecule has 2 aromatic rings. The Balaban J connectivity index is 2.20. The fourth-order valence-electron chi connectivity index (χ4n) is 1.70. The Bertz CT molecular complexity index is 508. The molecule has 2 aromatic heterocycles. The van der Waals surface area contributed by atoms with E-state index in [0.717, 1.165) is 24.3 Å². The van der Waals surface area contributed by atoms with Crippen LogP contribution in [0, 0.1) is 0 Å². The summed E-state index contributed by atoms with van der Waals surface area (Å²) < 4.78 is 0. The number of fused-ring (bicyclic) bond motifs is 1. The zero-order chi connectivity index (χ0) is 12.3. The van der Waals surface area contributed by atoms with Gasteiger partial charge in [-0.05, 0) is 6.42 Å². The lowest BCUT2D eigenvalue weighted by Crippen LogP contribution is -2.06. The van der Waals surface area contributed by atoms with E-state index >= 15 is 0 Å². The van der Waals surface area contributed by atoms with Gasteiger partial charge in [-0.25, -0.2) is 4.98 Å². The van der Waals surface area contributed by atoms with Crippen LogP contribution in [0.3, 0.4) is 0 Å². The summed E-state index contributed by atoms with van der Waals surface area (Å²) in [5, 5.41) is 3.82. The van der Waals surface area contributed by atoms with Gasteiger partial charge in [-0.15, -0.1) is 0 Å². The molecule has 0 atom stereocenters. The van der Waals surface area contributed by atoms with Crippen molar-refractivity contribution < 1.29 is 0 Å². The second-order valence-corrected chi connectivity index (χ2v) is 4.33. The summed E-state index contributed by atoms with van der Waals surface area (Å²) in [5.74, 6) is 0.951. The summed E-state index contributed by atoms with van der Waals surface area (Å²) in [6.45, 7) is 3.04. The molecule has 0 fully saturated rings. The van der Waals surface area contributed by atoms with Gasteiger partial charge in [-0.2, -0.15) is 4.98 Å². The first-order valence-electron chi connectivity index (χ1n) is 5.76. The first kappa shape index (κ1) is 12.0. The number of rotatable bonds is 5. The van der Waals surface area contributed by atoms with Crippen LogP contribution in [0.5, 0.6) is 0 Å². The number of aromatic amines is 1. The van der Waals surface area contributed by atoms with Gasteiger partial charge in [0.15, 0.2) is 5.82 Å². The summed E-state index contributed by atoms with van der Waals surface area (Å²) in [6, 6.07) is 0. The molecule has 0 spiro atoms. The summed E-state index contributed by atoms with van der Waals surface area (Å²) in [7, 11) is 0. The number of nitrogens with zero attached hydrogens (tertiary/aromatic N) is 2. The molecule has 0 aliphatic heterocycles. The molecule has 0 amide bonds. The lowest BCUT2D eigenvalue weighted by atomic mass is 10.2. The fourth-order valence-corrected chi connectivity index (χ4v) is 1.89. The van der Waals surface area contributed by atoms with Crippen molar-refractivity contribution >= 4 is 34.4 Å². The second kappa shape index (κ2) is 5.23. The monoisotopic (exact) mass is 253 g/mol. The van der Waals surface area contributed by atoms with Crippen molar-refractivity contribution in [3.63, 3.8) is 0 Å². The van der Waals surface area contributed by atoms with E-state index in [1.165, 1.54) is 12.8 Å². The van der Waals surface area contributed by atoms with Crippen LogP contribution in [0.25, 0.3) is 11.0 Å². The molecule has 17 heavy (non-hydrogen) atoms. The van der Waals surface area contributed by atoms with Crippen LogP contribution in [-0.2, 0) is 0 Å². The Morgan fingerprint density at radius 2 is 2.24 bits per heavy atom. The van der Waals surface area contributed by atoms with E-state index in [0.29, 0.717) is 10.5 Å². The highest BCUT2D eigenvalue weighted by atomic mass is 35.5. The molecular weight excluding hydrogens is 238 g/mol. The third kappa shape index (κ3) is 2.61. The van der Waals surface area contributed by atoms with Crippen LogP contribution < -0.4 is 11.1 Å². The minimum atomic E-state index is 0.233. The highest BCUT2D eigenvalue weighted by molar-refractivity contribution is 6.35. The van der Waals surface area contributed by atoms with Crippen molar-refractivity contribution in [2.24, 2.45) is 0 Å². The Labute approximate surface area is 105 Å². The molecule has 0 aliphatic carbocycles. The van der Waals surface area contributed by atoms with E-state index < -0.39 is 0 Å². The van der Waals surface area contributed by atoms with Crippen LogP contribution in [0.15, 0.2) is 6.20 Å². The predicted molar refractivity (Wildman–Crippen MR) is 71.3 cm³/mol. The van der Waals surface area contributed by atoms with Crippen molar-refractivity contribution in [2.45, 2.75) is 26.2 Å². The minimum Gasteiger partial charge on any atom is -0.368 e. The maximum absolute atomic E-state index is 6.00. The van der Waals surface area contributed by atoms with Crippen LogP contribution in [0.2, 0.25) is 5.02 Å². The second-order valence-electron chi connectivity index (χ2n) is 3.92. The number of hydrogen-bond acceptors (Lipinski definition) is 4. The van der Waals surface area contributed by atoms with E-state index in [4.69, 9.17) is 17.3 Å². The fraction of sp³-hybridized carbons (Fsp3) is 0.455. The molecule has 0 aromatic carbocycles. The van der Waals surface area contributed by atoms with E-state index in [2.05, 4.69) is 27.2 Å². The number of H-pyrrole nitrogens is 1. The Kier molecular flexibility index (Phi) is 3.68. The molecule has 6 heteroatoms. The van der Waals surface area contributed by atoms with Crippen molar-refractivity contribution in [2.75, 3.05) is 17.6 Å². The van der Waals surface area contributed by atoms with Crippen LogP contribution in [0.4, 0.5) is 11.8 Å². The van der Waals surface area contributed by atoms with Crippen molar-refractivity contribution in [1.82, 2.24) is 15.0 Å².